The molecular formula is C17H20N4O2. The van der Waals surface area contributed by atoms with Gasteiger partial charge in [-0.15, -0.1) is 6.42 Å². The molecule has 4 N–H and O–H groups in total. The Balaban J connectivity index is 2.41. The van der Waals surface area contributed by atoms with Crippen LogP contribution in [0.4, 0.5) is 11.8 Å². The molecule has 0 amide bonds. The van der Waals surface area contributed by atoms with Crippen molar-refractivity contribution >= 4 is 11.8 Å². The summed E-state index contributed by atoms with van der Waals surface area (Å²) in [6, 6.07) is 3.82. The van der Waals surface area contributed by atoms with Crippen molar-refractivity contribution in [3.8, 4) is 29.6 Å². The minimum Gasteiger partial charge on any atom is -0.481 e. The molecule has 0 aliphatic heterocycles. The van der Waals surface area contributed by atoms with Crippen molar-refractivity contribution < 1.29 is 9.47 Å². The van der Waals surface area contributed by atoms with Gasteiger partial charge in [-0.1, -0.05) is 19.8 Å². The Labute approximate surface area is 135 Å². The summed E-state index contributed by atoms with van der Waals surface area (Å²) in [7, 11) is 0. The molecule has 0 radical (unpaired) electrons. The van der Waals surface area contributed by atoms with E-state index in [0.717, 1.165) is 16.9 Å². The average molecular weight is 312 g/mol. The third-order valence-electron chi connectivity index (χ3n) is 3.26. The SMILES string of the molecule is C#CCOc1cc(C(C)C)c(Oc2cnc(N)nc2N)cc1C. The summed E-state index contributed by atoms with van der Waals surface area (Å²) in [4.78, 5) is 7.80. The Kier molecular flexibility index (Phi) is 4.91. The second kappa shape index (κ2) is 6.88. The molecule has 0 aliphatic rings. The first-order valence-electron chi connectivity index (χ1n) is 7.19. The molecule has 0 aliphatic carbocycles. The number of hydrogen-bond donors (Lipinski definition) is 2. The fourth-order valence-electron chi connectivity index (χ4n) is 2.09. The highest BCUT2D eigenvalue weighted by atomic mass is 16.5. The second-order valence-corrected chi connectivity index (χ2v) is 5.38. The predicted octanol–water partition coefficient (Wildman–Crippen LogP) is 2.88. The topological polar surface area (TPSA) is 96.3 Å². The number of aromatic nitrogens is 2. The van der Waals surface area contributed by atoms with Crippen molar-refractivity contribution in [3.05, 3.63) is 29.5 Å². The van der Waals surface area contributed by atoms with Crippen LogP contribution in [0.1, 0.15) is 30.9 Å². The molecule has 0 saturated carbocycles. The van der Waals surface area contributed by atoms with Crippen LogP contribution < -0.4 is 20.9 Å². The Morgan fingerprint density at radius 2 is 1.96 bits per heavy atom. The number of nitrogens with two attached hydrogens (primary N) is 2. The highest BCUT2D eigenvalue weighted by Gasteiger charge is 2.15. The maximum Gasteiger partial charge on any atom is 0.222 e. The first-order valence-corrected chi connectivity index (χ1v) is 7.19. The van der Waals surface area contributed by atoms with Gasteiger partial charge in [-0.2, -0.15) is 4.98 Å². The lowest BCUT2D eigenvalue weighted by molar-refractivity contribution is 0.365. The average Bonchev–Trinajstić information content (AvgIpc) is 2.49. The van der Waals surface area contributed by atoms with Gasteiger partial charge in [-0.05, 0) is 30.5 Å². The van der Waals surface area contributed by atoms with Crippen LogP contribution >= 0.6 is 0 Å². The van der Waals surface area contributed by atoms with Crippen molar-refractivity contribution in [3.63, 3.8) is 0 Å². The molecule has 0 unspecified atom stereocenters. The van der Waals surface area contributed by atoms with E-state index in [2.05, 4.69) is 29.7 Å². The summed E-state index contributed by atoms with van der Waals surface area (Å²) < 4.78 is 11.5. The zero-order valence-corrected chi connectivity index (χ0v) is 13.5. The molecule has 0 saturated heterocycles. The molecule has 1 aromatic carbocycles. The van der Waals surface area contributed by atoms with Gasteiger partial charge in [-0.3, -0.25) is 0 Å². The summed E-state index contributed by atoms with van der Waals surface area (Å²) in [5.74, 6) is 4.74. The Bertz CT molecular complexity index is 751. The molecule has 2 aromatic rings. The van der Waals surface area contributed by atoms with Crippen LogP contribution in [-0.2, 0) is 0 Å². The Morgan fingerprint density at radius 1 is 1.22 bits per heavy atom. The highest BCUT2D eigenvalue weighted by molar-refractivity contribution is 5.53. The van der Waals surface area contributed by atoms with E-state index in [4.69, 9.17) is 27.4 Å². The van der Waals surface area contributed by atoms with Gasteiger partial charge < -0.3 is 20.9 Å². The van der Waals surface area contributed by atoms with E-state index >= 15 is 0 Å². The molecule has 6 heteroatoms. The van der Waals surface area contributed by atoms with Gasteiger partial charge in [0.2, 0.25) is 5.95 Å². The zero-order chi connectivity index (χ0) is 17.0. The summed E-state index contributed by atoms with van der Waals surface area (Å²) in [5.41, 5.74) is 13.2. The molecule has 1 heterocycles. The molecule has 23 heavy (non-hydrogen) atoms. The molecular weight excluding hydrogens is 292 g/mol. The Morgan fingerprint density at radius 3 is 2.57 bits per heavy atom. The normalized spacial score (nSPS) is 10.4. The lowest BCUT2D eigenvalue weighted by atomic mass is 9.99. The van der Waals surface area contributed by atoms with Crippen molar-refractivity contribution in [2.24, 2.45) is 0 Å². The lowest BCUT2D eigenvalue weighted by Gasteiger charge is -2.17. The fourth-order valence-corrected chi connectivity index (χ4v) is 2.09. The summed E-state index contributed by atoms with van der Waals surface area (Å²) in [5, 5.41) is 0. The molecule has 0 spiro atoms. The number of terminal acetylenes is 1. The standard InChI is InChI=1S/C17H20N4O2/c1-5-6-22-13-8-12(10(2)3)14(7-11(13)4)23-15-9-20-17(19)21-16(15)18/h1,7-10H,6H2,2-4H3,(H4,18,19,20,21). The van der Waals surface area contributed by atoms with Crippen LogP contribution in [0, 0.1) is 19.3 Å². The molecule has 1 aromatic heterocycles. The second-order valence-electron chi connectivity index (χ2n) is 5.38. The van der Waals surface area contributed by atoms with E-state index in [-0.39, 0.29) is 24.3 Å². The number of nitrogen functional groups attached to an aromatic ring is 2. The van der Waals surface area contributed by atoms with Crippen LogP contribution in [-0.4, -0.2) is 16.6 Å². The van der Waals surface area contributed by atoms with Crippen LogP contribution in [0.15, 0.2) is 18.3 Å². The Hall–Kier alpha value is -2.94. The number of benzene rings is 1. The number of anilines is 2. The van der Waals surface area contributed by atoms with E-state index in [1.165, 1.54) is 6.20 Å². The maximum absolute atomic E-state index is 5.90. The first kappa shape index (κ1) is 16.4. The predicted molar refractivity (Wildman–Crippen MR) is 90.5 cm³/mol. The van der Waals surface area contributed by atoms with Crippen molar-refractivity contribution in [2.75, 3.05) is 18.1 Å². The quantitative estimate of drug-likeness (QED) is 0.824. The van der Waals surface area contributed by atoms with Gasteiger partial charge in [0, 0.05) is 5.56 Å². The number of rotatable bonds is 5. The van der Waals surface area contributed by atoms with E-state index in [1.54, 1.807) is 0 Å². The fraction of sp³-hybridized carbons (Fsp3) is 0.294. The zero-order valence-electron chi connectivity index (χ0n) is 13.5. The van der Waals surface area contributed by atoms with Crippen LogP contribution in [0.2, 0.25) is 0 Å². The van der Waals surface area contributed by atoms with Gasteiger partial charge in [0.15, 0.2) is 11.6 Å². The maximum atomic E-state index is 5.90. The van der Waals surface area contributed by atoms with E-state index in [0.29, 0.717) is 11.5 Å². The van der Waals surface area contributed by atoms with Gasteiger partial charge in [0.1, 0.15) is 18.1 Å². The third kappa shape index (κ3) is 3.83. The van der Waals surface area contributed by atoms with Gasteiger partial charge >= 0.3 is 0 Å². The number of hydrogen-bond acceptors (Lipinski definition) is 6. The van der Waals surface area contributed by atoms with Crippen molar-refractivity contribution in [1.82, 2.24) is 9.97 Å². The molecule has 120 valence electrons. The van der Waals surface area contributed by atoms with Gasteiger partial charge in [0.25, 0.3) is 0 Å². The number of ether oxygens (including phenoxy) is 2. The number of aryl methyl sites for hydroxylation is 1. The summed E-state index contributed by atoms with van der Waals surface area (Å²) >= 11 is 0. The molecule has 0 bridgehead atoms. The first-order chi connectivity index (χ1) is 10.9. The summed E-state index contributed by atoms with van der Waals surface area (Å²) in [6.07, 6.45) is 6.71. The van der Waals surface area contributed by atoms with E-state index in [1.807, 2.05) is 19.1 Å². The van der Waals surface area contributed by atoms with Crippen LogP contribution in [0.3, 0.4) is 0 Å². The molecule has 0 fully saturated rings. The lowest BCUT2D eigenvalue weighted by Crippen LogP contribution is -2.04. The minimum absolute atomic E-state index is 0.105. The largest absolute Gasteiger partial charge is 0.481 e. The summed E-state index contributed by atoms with van der Waals surface area (Å²) in [6.45, 7) is 6.26. The van der Waals surface area contributed by atoms with Crippen molar-refractivity contribution in [1.29, 1.82) is 0 Å². The van der Waals surface area contributed by atoms with E-state index in [9.17, 15) is 0 Å². The molecule has 2 rings (SSSR count). The smallest absolute Gasteiger partial charge is 0.222 e. The monoisotopic (exact) mass is 312 g/mol. The molecule has 6 nitrogen and oxygen atoms in total. The van der Waals surface area contributed by atoms with E-state index < -0.39 is 0 Å². The van der Waals surface area contributed by atoms with Gasteiger partial charge in [-0.25, -0.2) is 4.98 Å². The van der Waals surface area contributed by atoms with Gasteiger partial charge in [0.05, 0.1) is 6.20 Å². The minimum atomic E-state index is 0.105. The highest BCUT2D eigenvalue weighted by Crippen LogP contribution is 2.37. The molecule has 0 atom stereocenters. The third-order valence-corrected chi connectivity index (χ3v) is 3.26. The number of nitrogens with zero attached hydrogens (tertiary/aromatic N) is 2. The van der Waals surface area contributed by atoms with Crippen LogP contribution in [0.25, 0.3) is 0 Å². The van der Waals surface area contributed by atoms with Crippen LogP contribution in [0.5, 0.6) is 17.2 Å². The van der Waals surface area contributed by atoms with Crippen molar-refractivity contribution in [2.45, 2.75) is 26.7 Å².